The van der Waals surface area contributed by atoms with Crippen molar-refractivity contribution in [3.8, 4) is 17.0 Å². The van der Waals surface area contributed by atoms with Gasteiger partial charge >= 0.3 is 0 Å². The van der Waals surface area contributed by atoms with E-state index >= 15 is 0 Å². The lowest BCUT2D eigenvalue weighted by Crippen LogP contribution is -2.24. The molecule has 128 valence electrons. The monoisotopic (exact) mass is 342 g/mol. The maximum absolute atomic E-state index is 13.2. The van der Waals surface area contributed by atoms with Crippen LogP contribution in [0.1, 0.15) is 5.56 Å². The molecule has 0 unspecified atom stereocenters. The summed E-state index contributed by atoms with van der Waals surface area (Å²) in [4.78, 5) is 17.9. The molecule has 26 heavy (non-hydrogen) atoms. The van der Waals surface area contributed by atoms with Crippen LogP contribution < -0.4 is 10.3 Å². The van der Waals surface area contributed by atoms with Crippen molar-refractivity contribution in [3.05, 3.63) is 94.8 Å². The third-order valence-corrected chi connectivity index (χ3v) is 4.38. The lowest BCUT2D eigenvalue weighted by molar-refractivity contribution is 0.415. The van der Waals surface area contributed by atoms with Gasteiger partial charge in [-0.25, -0.2) is 4.98 Å². The average Bonchev–Trinajstić information content (AvgIpc) is 2.70. The third-order valence-electron chi connectivity index (χ3n) is 4.38. The summed E-state index contributed by atoms with van der Waals surface area (Å²) in [7, 11) is 1.61. The van der Waals surface area contributed by atoms with Crippen molar-refractivity contribution >= 4 is 11.0 Å². The van der Waals surface area contributed by atoms with Gasteiger partial charge < -0.3 is 9.30 Å². The van der Waals surface area contributed by atoms with Gasteiger partial charge in [-0.05, 0) is 29.8 Å². The van der Waals surface area contributed by atoms with Crippen molar-refractivity contribution in [2.75, 3.05) is 7.11 Å². The molecular weight excluding hydrogens is 324 g/mol. The minimum absolute atomic E-state index is 0.110. The third kappa shape index (κ3) is 2.97. The van der Waals surface area contributed by atoms with E-state index in [0.717, 1.165) is 22.2 Å². The Kier molecular flexibility index (Phi) is 4.23. The molecule has 0 aliphatic rings. The number of hydrogen-bond donors (Lipinski definition) is 0. The van der Waals surface area contributed by atoms with Crippen molar-refractivity contribution in [3.63, 3.8) is 0 Å². The molecule has 4 heteroatoms. The van der Waals surface area contributed by atoms with Crippen LogP contribution in [-0.4, -0.2) is 16.7 Å². The Labute approximate surface area is 151 Å². The van der Waals surface area contributed by atoms with Gasteiger partial charge in [-0.1, -0.05) is 54.6 Å². The number of benzene rings is 3. The number of aromatic nitrogens is 2. The smallest absolute Gasteiger partial charge is 0.277 e. The predicted octanol–water partition coefficient (Wildman–Crippen LogP) is 4.12. The largest absolute Gasteiger partial charge is 0.497 e. The van der Waals surface area contributed by atoms with E-state index in [4.69, 9.17) is 4.74 Å². The van der Waals surface area contributed by atoms with E-state index in [2.05, 4.69) is 4.98 Å². The van der Waals surface area contributed by atoms with Crippen LogP contribution in [0.5, 0.6) is 5.75 Å². The van der Waals surface area contributed by atoms with E-state index in [0.29, 0.717) is 18.0 Å². The van der Waals surface area contributed by atoms with Crippen LogP contribution in [0, 0.1) is 0 Å². The molecule has 1 aromatic heterocycles. The highest BCUT2D eigenvalue weighted by molar-refractivity contribution is 5.78. The fourth-order valence-corrected chi connectivity index (χ4v) is 3.07. The molecule has 0 fully saturated rings. The number of ether oxygens (including phenoxy) is 1. The van der Waals surface area contributed by atoms with Gasteiger partial charge in [-0.15, -0.1) is 0 Å². The summed E-state index contributed by atoms with van der Waals surface area (Å²) in [6.07, 6.45) is 0. The highest BCUT2D eigenvalue weighted by Gasteiger charge is 2.13. The van der Waals surface area contributed by atoms with Crippen LogP contribution in [0.4, 0.5) is 0 Å². The van der Waals surface area contributed by atoms with Gasteiger partial charge in [0.2, 0.25) is 0 Å². The first-order valence-electron chi connectivity index (χ1n) is 8.44. The van der Waals surface area contributed by atoms with Crippen LogP contribution >= 0.6 is 0 Å². The van der Waals surface area contributed by atoms with E-state index < -0.39 is 0 Å². The molecule has 0 radical (unpaired) electrons. The van der Waals surface area contributed by atoms with Crippen molar-refractivity contribution in [1.29, 1.82) is 0 Å². The van der Waals surface area contributed by atoms with Crippen molar-refractivity contribution in [1.82, 2.24) is 9.55 Å². The quantitative estimate of drug-likeness (QED) is 0.560. The minimum Gasteiger partial charge on any atom is -0.497 e. The standard InChI is InChI=1S/C22H18N2O2/c1-26-18-11-7-10-17(14-18)21-22(25)24(15-16-8-3-2-4-9-16)20-13-6-5-12-19(20)23-21/h2-14H,15H2,1H3. The number of nitrogens with zero attached hydrogens (tertiary/aromatic N) is 2. The van der Waals surface area contributed by atoms with Gasteiger partial charge in [0.05, 0.1) is 24.7 Å². The van der Waals surface area contributed by atoms with Crippen LogP contribution in [0.3, 0.4) is 0 Å². The van der Waals surface area contributed by atoms with Crippen LogP contribution in [0.25, 0.3) is 22.3 Å². The van der Waals surface area contributed by atoms with E-state index in [-0.39, 0.29) is 5.56 Å². The van der Waals surface area contributed by atoms with Gasteiger partial charge in [-0.3, -0.25) is 4.79 Å². The van der Waals surface area contributed by atoms with E-state index in [1.54, 1.807) is 11.7 Å². The van der Waals surface area contributed by atoms with Crippen LogP contribution in [-0.2, 0) is 6.54 Å². The normalized spacial score (nSPS) is 10.8. The molecule has 0 saturated heterocycles. The van der Waals surface area contributed by atoms with Gasteiger partial charge in [-0.2, -0.15) is 0 Å². The molecule has 0 amide bonds. The van der Waals surface area contributed by atoms with Gasteiger partial charge in [0.15, 0.2) is 0 Å². The second-order valence-electron chi connectivity index (χ2n) is 6.06. The topological polar surface area (TPSA) is 44.1 Å². The Morgan fingerprint density at radius 2 is 1.69 bits per heavy atom. The van der Waals surface area contributed by atoms with Crippen molar-refractivity contribution in [2.24, 2.45) is 0 Å². The first kappa shape index (κ1) is 16.1. The summed E-state index contributed by atoms with van der Waals surface area (Å²) >= 11 is 0. The average molecular weight is 342 g/mol. The molecule has 4 rings (SSSR count). The summed E-state index contributed by atoms with van der Waals surface area (Å²) in [5.41, 5.74) is 3.76. The number of methoxy groups -OCH3 is 1. The van der Waals surface area contributed by atoms with Gasteiger partial charge in [0.1, 0.15) is 11.4 Å². The summed E-state index contributed by atoms with van der Waals surface area (Å²) in [6.45, 7) is 0.500. The lowest BCUT2D eigenvalue weighted by Gasteiger charge is -2.13. The minimum atomic E-state index is -0.110. The van der Waals surface area contributed by atoms with E-state index in [9.17, 15) is 4.79 Å². The zero-order valence-electron chi connectivity index (χ0n) is 14.4. The molecule has 0 N–H and O–H groups in total. The Morgan fingerprint density at radius 3 is 2.50 bits per heavy atom. The summed E-state index contributed by atoms with van der Waals surface area (Å²) < 4.78 is 7.08. The molecule has 0 bridgehead atoms. The Bertz CT molecular complexity index is 1120. The Hall–Kier alpha value is -3.40. The molecular formula is C22H18N2O2. The Balaban J connectivity index is 1.95. The van der Waals surface area contributed by atoms with Crippen LogP contribution in [0.15, 0.2) is 83.7 Å². The molecule has 0 saturated carbocycles. The molecule has 3 aromatic carbocycles. The molecule has 1 heterocycles. The van der Waals surface area contributed by atoms with E-state index in [1.165, 1.54) is 0 Å². The fourth-order valence-electron chi connectivity index (χ4n) is 3.07. The van der Waals surface area contributed by atoms with E-state index in [1.807, 2.05) is 78.9 Å². The highest BCUT2D eigenvalue weighted by Crippen LogP contribution is 2.22. The molecule has 4 aromatic rings. The maximum Gasteiger partial charge on any atom is 0.277 e. The molecule has 0 aliphatic carbocycles. The van der Waals surface area contributed by atoms with Gasteiger partial charge in [0.25, 0.3) is 5.56 Å². The fraction of sp³-hybridized carbons (Fsp3) is 0.0909. The van der Waals surface area contributed by atoms with Gasteiger partial charge in [0, 0.05) is 5.56 Å². The van der Waals surface area contributed by atoms with Crippen molar-refractivity contribution in [2.45, 2.75) is 6.54 Å². The zero-order chi connectivity index (χ0) is 17.9. The summed E-state index contributed by atoms with van der Waals surface area (Å²) in [5, 5.41) is 0. The first-order chi connectivity index (χ1) is 12.8. The first-order valence-corrected chi connectivity index (χ1v) is 8.44. The molecule has 0 atom stereocenters. The summed E-state index contributed by atoms with van der Waals surface area (Å²) in [5.74, 6) is 0.700. The number of fused-ring (bicyclic) bond motifs is 1. The molecule has 0 aliphatic heterocycles. The molecule has 4 nitrogen and oxygen atoms in total. The predicted molar refractivity (Wildman–Crippen MR) is 104 cm³/mol. The number of hydrogen-bond acceptors (Lipinski definition) is 3. The highest BCUT2D eigenvalue weighted by atomic mass is 16.5. The van der Waals surface area contributed by atoms with Crippen LogP contribution in [0.2, 0.25) is 0 Å². The molecule has 0 spiro atoms. The number of para-hydroxylation sites is 2. The SMILES string of the molecule is COc1cccc(-c2nc3ccccc3n(Cc3ccccc3)c2=O)c1. The lowest BCUT2D eigenvalue weighted by atomic mass is 10.1. The zero-order valence-corrected chi connectivity index (χ0v) is 14.4. The van der Waals surface area contributed by atoms with Crippen molar-refractivity contribution < 1.29 is 4.74 Å². The maximum atomic E-state index is 13.2. The second-order valence-corrected chi connectivity index (χ2v) is 6.06. The summed E-state index contributed by atoms with van der Waals surface area (Å²) in [6, 6.07) is 25.1. The second kappa shape index (κ2) is 6.84. The number of rotatable bonds is 4. The Morgan fingerprint density at radius 1 is 0.923 bits per heavy atom.